The van der Waals surface area contributed by atoms with Crippen LogP contribution in [-0.2, 0) is 6.54 Å². The second kappa shape index (κ2) is 5.51. The molecule has 0 spiro atoms. The summed E-state index contributed by atoms with van der Waals surface area (Å²) in [6, 6.07) is 0. The first kappa shape index (κ1) is 14.0. The van der Waals surface area contributed by atoms with Crippen LogP contribution >= 0.6 is 11.6 Å². The van der Waals surface area contributed by atoms with Gasteiger partial charge in [0.1, 0.15) is 5.02 Å². The van der Waals surface area contributed by atoms with Gasteiger partial charge in [0.25, 0.3) is 5.56 Å². The van der Waals surface area contributed by atoms with E-state index < -0.39 is 0 Å². The largest absolute Gasteiger partial charge is 0.396 e. The van der Waals surface area contributed by atoms with E-state index in [0.717, 1.165) is 0 Å². The Labute approximate surface area is 105 Å². The molecule has 0 atom stereocenters. The van der Waals surface area contributed by atoms with Gasteiger partial charge in [0, 0.05) is 25.1 Å². The van der Waals surface area contributed by atoms with Crippen LogP contribution in [0.15, 0.2) is 11.0 Å². The highest BCUT2D eigenvalue weighted by Gasteiger charge is 2.17. The zero-order valence-electron chi connectivity index (χ0n) is 10.3. The summed E-state index contributed by atoms with van der Waals surface area (Å²) in [4.78, 5) is 11.7. The molecular formula is C11H18ClN3O2. The van der Waals surface area contributed by atoms with Gasteiger partial charge in [0.05, 0.1) is 11.9 Å². The number of hydrogen-bond acceptors (Lipinski definition) is 4. The molecule has 0 aliphatic rings. The molecule has 0 aromatic carbocycles. The number of nitrogens with one attached hydrogen (secondary N) is 1. The van der Waals surface area contributed by atoms with Crippen molar-refractivity contribution in [1.29, 1.82) is 0 Å². The Morgan fingerprint density at radius 2 is 2.24 bits per heavy atom. The molecule has 5 nitrogen and oxygen atoms in total. The maximum absolute atomic E-state index is 11.7. The minimum atomic E-state index is -0.305. The van der Waals surface area contributed by atoms with Crippen LogP contribution in [0.4, 0.5) is 5.69 Å². The lowest BCUT2D eigenvalue weighted by Crippen LogP contribution is -2.29. The SMILES string of the molecule is CCn1ncc(NCC(C)(C)CO)c(Cl)c1=O. The first-order valence-electron chi connectivity index (χ1n) is 5.51. The van der Waals surface area contributed by atoms with E-state index in [1.54, 1.807) is 0 Å². The second-order valence-corrected chi connectivity index (χ2v) is 5.05. The molecule has 0 bridgehead atoms. The van der Waals surface area contributed by atoms with Crippen LogP contribution in [0.25, 0.3) is 0 Å². The summed E-state index contributed by atoms with van der Waals surface area (Å²) < 4.78 is 1.30. The molecule has 0 unspecified atom stereocenters. The second-order valence-electron chi connectivity index (χ2n) is 4.67. The first-order valence-corrected chi connectivity index (χ1v) is 5.89. The third-order valence-electron chi connectivity index (χ3n) is 2.47. The summed E-state index contributed by atoms with van der Waals surface area (Å²) in [5.41, 5.74) is -0.0768. The van der Waals surface area contributed by atoms with Crippen LogP contribution < -0.4 is 10.9 Å². The van der Waals surface area contributed by atoms with Crippen molar-refractivity contribution < 1.29 is 5.11 Å². The van der Waals surface area contributed by atoms with Gasteiger partial charge in [-0.05, 0) is 6.92 Å². The quantitative estimate of drug-likeness (QED) is 0.838. The molecule has 1 heterocycles. The number of halogens is 1. The van der Waals surface area contributed by atoms with Gasteiger partial charge in [-0.1, -0.05) is 25.4 Å². The molecule has 0 aliphatic heterocycles. The fraction of sp³-hybridized carbons (Fsp3) is 0.636. The molecule has 0 saturated heterocycles. The fourth-order valence-electron chi connectivity index (χ4n) is 1.20. The maximum Gasteiger partial charge on any atom is 0.287 e. The summed E-state index contributed by atoms with van der Waals surface area (Å²) in [6.07, 6.45) is 1.53. The number of aliphatic hydroxyl groups excluding tert-OH is 1. The minimum Gasteiger partial charge on any atom is -0.396 e. The van der Waals surface area contributed by atoms with Gasteiger partial charge < -0.3 is 10.4 Å². The number of aryl methyl sites for hydroxylation is 1. The van der Waals surface area contributed by atoms with Gasteiger partial charge >= 0.3 is 0 Å². The van der Waals surface area contributed by atoms with Crippen LogP contribution in [0.3, 0.4) is 0 Å². The van der Waals surface area contributed by atoms with E-state index in [2.05, 4.69) is 10.4 Å². The lowest BCUT2D eigenvalue weighted by Gasteiger charge is -2.22. The normalized spacial score (nSPS) is 11.6. The Hall–Kier alpha value is -1.07. The molecule has 0 fully saturated rings. The zero-order valence-corrected chi connectivity index (χ0v) is 11.1. The predicted octanol–water partition coefficient (Wildman–Crippen LogP) is 1.35. The number of aromatic nitrogens is 2. The number of aliphatic hydroxyl groups is 1. The zero-order chi connectivity index (χ0) is 13.1. The smallest absolute Gasteiger partial charge is 0.287 e. The highest BCUT2D eigenvalue weighted by molar-refractivity contribution is 6.32. The van der Waals surface area contributed by atoms with E-state index >= 15 is 0 Å². The Morgan fingerprint density at radius 1 is 1.59 bits per heavy atom. The molecule has 0 amide bonds. The summed E-state index contributed by atoms with van der Waals surface area (Å²) in [6.45, 7) is 6.70. The lowest BCUT2D eigenvalue weighted by atomic mass is 9.95. The van der Waals surface area contributed by atoms with E-state index in [4.69, 9.17) is 16.7 Å². The molecule has 1 aromatic heterocycles. The third kappa shape index (κ3) is 3.44. The molecule has 96 valence electrons. The Morgan fingerprint density at radius 3 is 2.76 bits per heavy atom. The Balaban J connectivity index is 2.87. The van der Waals surface area contributed by atoms with Crippen LogP contribution in [0.1, 0.15) is 20.8 Å². The third-order valence-corrected chi connectivity index (χ3v) is 2.84. The van der Waals surface area contributed by atoms with Gasteiger partial charge in [-0.2, -0.15) is 5.10 Å². The molecule has 0 aliphatic carbocycles. The molecule has 2 N–H and O–H groups in total. The van der Waals surface area contributed by atoms with E-state index in [1.165, 1.54) is 10.9 Å². The standard InChI is InChI=1S/C11H18ClN3O2/c1-4-15-10(17)9(12)8(5-14-15)13-6-11(2,3)7-16/h5,13,16H,4,6-7H2,1-3H3. The predicted molar refractivity (Wildman–Crippen MR) is 68.5 cm³/mol. The number of nitrogens with zero attached hydrogens (tertiary/aromatic N) is 2. The average molecular weight is 260 g/mol. The van der Waals surface area contributed by atoms with Crippen molar-refractivity contribution in [3.8, 4) is 0 Å². The Bertz CT molecular complexity index is 443. The average Bonchev–Trinajstić information content (AvgIpc) is 2.31. The number of rotatable bonds is 5. The summed E-state index contributed by atoms with van der Waals surface area (Å²) in [7, 11) is 0. The van der Waals surface area contributed by atoms with Crippen LogP contribution in [0.5, 0.6) is 0 Å². The molecule has 1 aromatic rings. The van der Waals surface area contributed by atoms with Crippen LogP contribution in [-0.4, -0.2) is 28.0 Å². The highest BCUT2D eigenvalue weighted by Crippen LogP contribution is 2.19. The van der Waals surface area contributed by atoms with E-state index in [1.807, 2.05) is 20.8 Å². The van der Waals surface area contributed by atoms with Gasteiger partial charge in [-0.25, -0.2) is 4.68 Å². The van der Waals surface area contributed by atoms with Crippen molar-refractivity contribution in [2.45, 2.75) is 27.3 Å². The lowest BCUT2D eigenvalue weighted by molar-refractivity contribution is 0.171. The summed E-state index contributed by atoms with van der Waals surface area (Å²) in [5.74, 6) is 0. The summed E-state index contributed by atoms with van der Waals surface area (Å²) >= 11 is 5.95. The van der Waals surface area contributed by atoms with Crippen LogP contribution in [0, 0.1) is 5.41 Å². The highest BCUT2D eigenvalue weighted by atomic mass is 35.5. The number of hydrogen-bond donors (Lipinski definition) is 2. The van der Waals surface area contributed by atoms with Crippen molar-refractivity contribution in [3.63, 3.8) is 0 Å². The number of anilines is 1. The van der Waals surface area contributed by atoms with Crippen molar-refractivity contribution in [2.75, 3.05) is 18.5 Å². The topological polar surface area (TPSA) is 67.2 Å². The summed E-state index contributed by atoms with van der Waals surface area (Å²) in [5, 5.41) is 16.3. The van der Waals surface area contributed by atoms with Crippen molar-refractivity contribution >= 4 is 17.3 Å². The fourth-order valence-corrected chi connectivity index (χ4v) is 1.42. The molecule has 1 rings (SSSR count). The van der Waals surface area contributed by atoms with Crippen LogP contribution in [0.2, 0.25) is 5.02 Å². The molecule has 0 saturated carbocycles. The minimum absolute atomic E-state index is 0.0527. The molecule has 0 radical (unpaired) electrons. The van der Waals surface area contributed by atoms with Crippen molar-refractivity contribution in [1.82, 2.24) is 9.78 Å². The monoisotopic (exact) mass is 259 g/mol. The van der Waals surface area contributed by atoms with Crippen molar-refractivity contribution in [2.24, 2.45) is 5.41 Å². The van der Waals surface area contributed by atoms with Gasteiger partial charge in [0.2, 0.25) is 0 Å². The van der Waals surface area contributed by atoms with Crippen molar-refractivity contribution in [3.05, 3.63) is 21.6 Å². The Kier molecular flexibility index (Phi) is 4.54. The van der Waals surface area contributed by atoms with E-state index in [9.17, 15) is 4.79 Å². The molecule has 6 heteroatoms. The van der Waals surface area contributed by atoms with E-state index in [-0.39, 0.29) is 22.6 Å². The molecular weight excluding hydrogens is 242 g/mol. The van der Waals surface area contributed by atoms with Gasteiger partial charge in [-0.3, -0.25) is 4.79 Å². The van der Waals surface area contributed by atoms with Gasteiger partial charge in [-0.15, -0.1) is 0 Å². The molecule has 17 heavy (non-hydrogen) atoms. The first-order chi connectivity index (χ1) is 7.91. The van der Waals surface area contributed by atoms with Gasteiger partial charge in [0.15, 0.2) is 0 Å². The van der Waals surface area contributed by atoms with E-state index in [0.29, 0.717) is 18.8 Å². The maximum atomic E-state index is 11.7.